The van der Waals surface area contributed by atoms with E-state index >= 15 is 0 Å². The van der Waals surface area contributed by atoms with Crippen LogP contribution in [0.1, 0.15) is 13.3 Å². The summed E-state index contributed by atoms with van der Waals surface area (Å²) >= 11 is 0. The van der Waals surface area contributed by atoms with Crippen LogP contribution in [0, 0.1) is 0 Å². The molecule has 0 bridgehead atoms. The lowest BCUT2D eigenvalue weighted by molar-refractivity contribution is -0.142. The minimum Gasteiger partial charge on any atom is -0.480 e. The number of hydrogen-bond donors (Lipinski definition) is 2. The molecule has 6 heteroatoms. The Bertz CT molecular complexity index is 334. The lowest BCUT2D eigenvalue weighted by Gasteiger charge is -2.11. The van der Waals surface area contributed by atoms with Crippen LogP contribution in [0.2, 0.25) is 0 Å². The van der Waals surface area contributed by atoms with Crippen molar-refractivity contribution >= 4 is 11.9 Å². The minimum absolute atomic E-state index is 0.0385. The summed E-state index contributed by atoms with van der Waals surface area (Å²) in [6.45, 7) is 1.74. The Morgan fingerprint density at radius 3 is 2.80 bits per heavy atom. The molecule has 0 saturated heterocycles. The highest BCUT2D eigenvalue weighted by molar-refractivity contribution is 5.83. The highest BCUT2D eigenvalue weighted by Crippen LogP contribution is 1.92. The largest absolute Gasteiger partial charge is 0.480 e. The van der Waals surface area contributed by atoms with E-state index in [0.29, 0.717) is 6.42 Å². The zero-order valence-electron chi connectivity index (χ0n) is 8.38. The molecule has 6 nitrogen and oxygen atoms in total. The third kappa shape index (κ3) is 3.41. The maximum atomic E-state index is 11.3. The smallest absolute Gasteiger partial charge is 0.326 e. The second-order valence-electron chi connectivity index (χ2n) is 3.07. The molecule has 0 aliphatic heterocycles. The molecule has 1 aromatic heterocycles. The van der Waals surface area contributed by atoms with Gasteiger partial charge in [0.25, 0.3) is 0 Å². The third-order valence-electron chi connectivity index (χ3n) is 1.91. The normalized spacial score (nSPS) is 12.1. The maximum Gasteiger partial charge on any atom is 0.326 e. The molecule has 0 aromatic carbocycles. The molecule has 0 saturated carbocycles. The van der Waals surface area contributed by atoms with Gasteiger partial charge in [-0.25, -0.2) is 4.79 Å². The molecule has 82 valence electrons. The van der Waals surface area contributed by atoms with Gasteiger partial charge < -0.3 is 10.4 Å². The summed E-state index contributed by atoms with van der Waals surface area (Å²) in [5, 5.41) is 15.0. The summed E-state index contributed by atoms with van der Waals surface area (Å²) in [5.74, 6) is -1.38. The zero-order valence-corrected chi connectivity index (χ0v) is 8.38. The van der Waals surface area contributed by atoms with Gasteiger partial charge in [0.05, 0.1) is 0 Å². The van der Waals surface area contributed by atoms with Gasteiger partial charge in [-0.15, -0.1) is 0 Å². The zero-order chi connectivity index (χ0) is 11.3. The fraction of sp³-hybridized carbons (Fsp3) is 0.444. The molecule has 0 radical (unpaired) electrons. The number of aliphatic carboxylic acids is 1. The van der Waals surface area contributed by atoms with Crippen molar-refractivity contribution in [2.75, 3.05) is 0 Å². The van der Waals surface area contributed by atoms with Crippen LogP contribution in [-0.4, -0.2) is 32.8 Å². The first-order chi connectivity index (χ1) is 7.13. The Hall–Kier alpha value is -1.85. The van der Waals surface area contributed by atoms with E-state index < -0.39 is 12.0 Å². The van der Waals surface area contributed by atoms with Crippen molar-refractivity contribution in [3.63, 3.8) is 0 Å². The minimum atomic E-state index is -1.02. The van der Waals surface area contributed by atoms with E-state index in [4.69, 9.17) is 5.11 Å². The number of carbonyl (C=O) groups excluding carboxylic acids is 1. The summed E-state index contributed by atoms with van der Waals surface area (Å²) in [5.41, 5.74) is 0. The van der Waals surface area contributed by atoms with Crippen LogP contribution in [0.5, 0.6) is 0 Å². The number of nitrogens with one attached hydrogen (secondary N) is 1. The molecule has 0 aliphatic carbocycles. The van der Waals surface area contributed by atoms with Gasteiger partial charge in [0.1, 0.15) is 12.6 Å². The lowest BCUT2D eigenvalue weighted by atomic mass is 10.2. The van der Waals surface area contributed by atoms with E-state index in [1.807, 2.05) is 0 Å². The quantitative estimate of drug-likeness (QED) is 0.710. The van der Waals surface area contributed by atoms with E-state index in [2.05, 4.69) is 10.4 Å². The average Bonchev–Trinajstić information content (AvgIpc) is 2.66. The Kier molecular flexibility index (Phi) is 3.84. The Labute approximate surface area is 86.9 Å². The Balaban J connectivity index is 2.45. The van der Waals surface area contributed by atoms with Crippen LogP contribution >= 0.6 is 0 Å². The monoisotopic (exact) mass is 211 g/mol. The van der Waals surface area contributed by atoms with Crippen LogP contribution in [0.15, 0.2) is 18.5 Å². The van der Waals surface area contributed by atoms with Gasteiger partial charge in [-0.2, -0.15) is 5.10 Å². The van der Waals surface area contributed by atoms with Crippen LogP contribution in [0.4, 0.5) is 0 Å². The van der Waals surface area contributed by atoms with Gasteiger partial charge in [0, 0.05) is 12.4 Å². The second-order valence-corrected chi connectivity index (χ2v) is 3.07. The highest BCUT2D eigenvalue weighted by Gasteiger charge is 2.17. The molecule has 1 heterocycles. The lowest BCUT2D eigenvalue weighted by Crippen LogP contribution is -2.41. The summed E-state index contributed by atoms with van der Waals surface area (Å²) in [6.07, 6.45) is 3.56. The SMILES string of the molecule is CC[C@H](NC(=O)Cn1cccn1)C(=O)O. The van der Waals surface area contributed by atoms with Crippen LogP contribution < -0.4 is 5.32 Å². The van der Waals surface area contributed by atoms with Gasteiger partial charge in [0.15, 0.2) is 0 Å². The molecule has 0 aliphatic rings. The molecule has 2 N–H and O–H groups in total. The van der Waals surface area contributed by atoms with Gasteiger partial charge in [-0.3, -0.25) is 9.48 Å². The van der Waals surface area contributed by atoms with Crippen molar-refractivity contribution in [1.82, 2.24) is 15.1 Å². The van der Waals surface area contributed by atoms with Crippen molar-refractivity contribution in [2.45, 2.75) is 25.9 Å². The molecule has 1 rings (SSSR count). The third-order valence-corrected chi connectivity index (χ3v) is 1.91. The van der Waals surface area contributed by atoms with Gasteiger partial charge in [0.2, 0.25) is 5.91 Å². The molecule has 1 amide bonds. The number of carboxylic acids is 1. The van der Waals surface area contributed by atoms with E-state index in [0.717, 1.165) is 0 Å². The van der Waals surface area contributed by atoms with E-state index in [1.54, 1.807) is 25.4 Å². The van der Waals surface area contributed by atoms with Crippen LogP contribution in [0.25, 0.3) is 0 Å². The predicted octanol–water partition coefficient (Wildman–Crippen LogP) is -0.138. The second kappa shape index (κ2) is 5.14. The van der Waals surface area contributed by atoms with Gasteiger partial charge >= 0.3 is 5.97 Å². The van der Waals surface area contributed by atoms with Gasteiger partial charge in [-0.1, -0.05) is 6.92 Å². The molecule has 0 fully saturated rings. The maximum absolute atomic E-state index is 11.3. The highest BCUT2D eigenvalue weighted by atomic mass is 16.4. The van der Waals surface area contributed by atoms with Crippen molar-refractivity contribution in [3.8, 4) is 0 Å². The average molecular weight is 211 g/mol. The number of amides is 1. The molecule has 0 unspecified atom stereocenters. The standard InChI is InChI=1S/C9H13N3O3/c1-2-7(9(14)15)11-8(13)6-12-5-3-4-10-12/h3-5,7H,2,6H2,1H3,(H,11,13)(H,14,15)/t7-/m0/s1. The molecular formula is C9H13N3O3. The van der Waals surface area contributed by atoms with Crippen LogP contribution in [0.3, 0.4) is 0 Å². The predicted molar refractivity (Wildman–Crippen MR) is 52.1 cm³/mol. The van der Waals surface area contributed by atoms with E-state index in [-0.39, 0.29) is 12.5 Å². The first kappa shape index (κ1) is 11.2. The number of carbonyl (C=O) groups is 2. The van der Waals surface area contributed by atoms with Gasteiger partial charge in [-0.05, 0) is 12.5 Å². The summed E-state index contributed by atoms with van der Waals surface area (Å²) in [7, 11) is 0. The summed E-state index contributed by atoms with van der Waals surface area (Å²) < 4.78 is 1.43. The fourth-order valence-corrected chi connectivity index (χ4v) is 1.12. The van der Waals surface area contributed by atoms with E-state index in [1.165, 1.54) is 4.68 Å². The number of hydrogen-bond acceptors (Lipinski definition) is 3. The molecule has 0 spiro atoms. The number of rotatable bonds is 5. The van der Waals surface area contributed by atoms with Crippen molar-refractivity contribution in [1.29, 1.82) is 0 Å². The number of carboxylic acid groups (broad SMARTS) is 1. The Morgan fingerprint density at radius 2 is 2.33 bits per heavy atom. The first-order valence-corrected chi connectivity index (χ1v) is 4.63. The van der Waals surface area contributed by atoms with Crippen molar-refractivity contribution in [3.05, 3.63) is 18.5 Å². The van der Waals surface area contributed by atoms with Crippen molar-refractivity contribution < 1.29 is 14.7 Å². The topological polar surface area (TPSA) is 84.2 Å². The first-order valence-electron chi connectivity index (χ1n) is 4.63. The van der Waals surface area contributed by atoms with E-state index in [9.17, 15) is 9.59 Å². The Morgan fingerprint density at radius 1 is 1.60 bits per heavy atom. The number of nitrogens with zero attached hydrogens (tertiary/aromatic N) is 2. The molecule has 1 aromatic rings. The van der Waals surface area contributed by atoms with Crippen LogP contribution in [-0.2, 0) is 16.1 Å². The molecule has 1 atom stereocenters. The molecular weight excluding hydrogens is 198 g/mol. The van der Waals surface area contributed by atoms with Crippen molar-refractivity contribution in [2.24, 2.45) is 0 Å². The summed E-state index contributed by atoms with van der Waals surface area (Å²) in [6, 6.07) is 0.870. The number of aromatic nitrogens is 2. The fourth-order valence-electron chi connectivity index (χ4n) is 1.12. The summed E-state index contributed by atoms with van der Waals surface area (Å²) in [4.78, 5) is 22.0. The molecule has 15 heavy (non-hydrogen) atoms.